The van der Waals surface area contributed by atoms with Crippen molar-refractivity contribution in [2.45, 2.75) is 13.1 Å². The van der Waals surface area contributed by atoms with Gasteiger partial charge >= 0.3 is 6.03 Å². The van der Waals surface area contributed by atoms with Gasteiger partial charge in [-0.15, -0.1) is 0 Å². The number of furan rings is 1. The summed E-state index contributed by atoms with van der Waals surface area (Å²) in [4.78, 5) is 17.9. The molecule has 2 amide bonds. The number of H-pyrrole nitrogens is 1. The molecule has 0 atom stereocenters. The van der Waals surface area contributed by atoms with E-state index in [1.54, 1.807) is 0 Å². The minimum atomic E-state index is -0.0914. The number of rotatable bonds is 2. The highest BCUT2D eigenvalue weighted by molar-refractivity contribution is 6.01. The molecule has 5 heteroatoms. The van der Waals surface area contributed by atoms with Crippen molar-refractivity contribution in [3.05, 3.63) is 90.3 Å². The van der Waals surface area contributed by atoms with Crippen LogP contribution in [0.1, 0.15) is 11.1 Å². The largest absolute Gasteiger partial charge is 0.464 e. The molecule has 3 aromatic carbocycles. The van der Waals surface area contributed by atoms with Gasteiger partial charge in [0.25, 0.3) is 0 Å². The molecule has 0 saturated heterocycles. The molecule has 5 aromatic rings. The second-order valence-corrected chi connectivity index (χ2v) is 7.66. The van der Waals surface area contributed by atoms with Crippen LogP contribution in [0.2, 0.25) is 0 Å². The third kappa shape index (κ3) is 2.67. The van der Waals surface area contributed by atoms with Crippen LogP contribution >= 0.6 is 0 Å². The van der Waals surface area contributed by atoms with Gasteiger partial charge in [-0.1, -0.05) is 48.5 Å². The molecule has 0 bridgehead atoms. The number of urea groups is 1. The number of aromatic amines is 1. The first-order chi connectivity index (χ1) is 14.8. The lowest BCUT2D eigenvalue weighted by Gasteiger charge is -2.16. The van der Waals surface area contributed by atoms with Crippen molar-refractivity contribution in [2.24, 2.45) is 0 Å². The van der Waals surface area contributed by atoms with Crippen LogP contribution in [0.15, 0.2) is 83.6 Å². The zero-order valence-electron chi connectivity index (χ0n) is 16.2. The fraction of sp³-hybridized carbons (Fsp3) is 0.0800. The maximum atomic E-state index is 12.9. The number of benzene rings is 3. The van der Waals surface area contributed by atoms with E-state index in [-0.39, 0.29) is 6.03 Å². The first kappa shape index (κ1) is 16.9. The summed E-state index contributed by atoms with van der Waals surface area (Å²) in [6.07, 6.45) is 3.65. The SMILES string of the molecule is O=C(Nc1c[nH]c2ccccc12)N1Cc2ccc(-c3coc4ccccc34)cc2C1. The Bertz CT molecular complexity index is 1410. The number of nitrogens with zero attached hydrogens (tertiary/aromatic N) is 1. The first-order valence-corrected chi connectivity index (χ1v) is 9.97. The lowest BCUT2D eigenvalue weighted by Crippen LogP contribution is -2.30. The van der Waals surface area contributed by atoms with Gasteiger partial charge in [0.2, 0.25) is 0 Å². The van der Waals surface area contributed by atoms with Gasteiger partial charge < -0.3 is 19.6 Å². The van der Waals surface area contributed by atoms with Crippen molar-refractivity contribution in [1.82, 2.24) is 9.88 Å². The molecule has 2 N–H and O–H groups in total. The Morgan fingerprint density at radius 1 is 0.933 bits per heavy atom. The molecule has 0 unspecified atom stereocenters. The number of para-hydroxylation sites is 2. The summed E-state index contributed by atoms with van der Waals surface area (Å²) in [5.74, 6) is 0. The summed E-state index contributed by atoms with van der Waals surface area (Å²) >= 11 is 0. The Labute approximate surface area is 172 Å². The number of hydrogen-bond acceptors (Lipinski definition) is 2. The normalized spacial score (nSPS) is 13.1. The molecule has 0 spiro atoms. The molecular weight excluding hydrogens is 374 g/mol. The van der Waals surface area contributed by atoms with E-state index >= 15 is 0 Å². The van der Waals surface area contributed by atoms with Gasteiger partial charge in [0, 0.05) is 41.1 Å². The fourth-order valence-corrected chi connectivity index (χ4v) is 4.28. The Hall–Kier alpha value is -3.99. The lowest BCUT2D eigenvalue weighted by atomic mass is 10.0. The second kappa shape index (κ2) is 6.52. The van der Waals surface area contributed by atoms with E-state index < -0.39 is 0 Å². The minimum Gasteiger partial charge on any atom is -0.464 e. The van der Waals surface area contributed by atoms with Crippen molar-refractivity contribution in [3.8, 4) is 11.1 Å². The standard InChI is InChI=1S/C25H19N3O2/c29-25(27-23-12-26-22-7-3-1-6-20(22)23)28-13-17-10-9-16(11-18(17)14-28)21-15-30-24-8-4-2-5-19(21)24/h1-12,15,26H,13-14H2,(H,27,29). The van der Waals surface area contributed by atoms with Crippen LogP contribution in [0.4, 0.5) is 10.5 Å². The Balaban J connectivity index is 1.25. The van der Waals surface area contributed by atoms with Crippen molar-refractivity contribution in [3.63, 3.8) is 0 Å². The van der Waals surface area contributed by atoms with E-state index in [4.69, 9.17) is 4.42 Å². The molecule has 0 radical (unpaired) electrons. The molecule has 0 fully saturated rings. The van der Waals surface area contributed by atoms with Gasteiger partial charge in [-0.25, -0.2) is 4.79 Å². The highest BCUT2D eigenvalue weighted by Gasteiger charge is 2.24. The number of amides is 2. The van der Waals surface area contributed by atoms with Gasteiger partial charge in [0.05, 0.1) is 12.0 Å². The van der Waals surface area contributed by atoms with Crippen molar-refractivity contribution in [1.29, 1.82) is 0 Å². The average Bonchev–Trinajstić information content (AvgIpc) is 3.50. The molecule has 5 nitrogen and oxygen atoms in total. The summed E-state index contributed by atoms with van der Waals surface area (Å²) in [6, 6.07) is 22.3. The summed E-state index contributed by atoms with van der Waals surface area (Å²) in [5, 5.41) is 5.16. The predicted molar refractivity (Wildman–Crippen MR) is 118 cm³/mol. The first-order valence-electron chi connectivity index (χ1n) is 9.97. The fourth-order valence-electron chi connectivity index (χ4n) is 4.28. The summed E-state index contributed by atoms with van der Waals surface area (Å²) in [7, 11) is 0. The van der Waals surface area contributed by atoms with Crippen LogP contribution in [0.25, 0.3) is 33.0 Å². The molecule has 30 heavy (non-hydrogen) atoms. The van der Waals surface area contributed by atoms with E-state index in [0.717, 1.165) is 38.7 Å². The van der Waals surface area contributed by atoms with Crippen molar-refractivity contribution in [2.75, 3.05) is 5.32 Å². The van der Waals surface area contributed by atoms with Gasteiger partial charge in [0.1, 0.15) is 5.58 Å². The lowest BCUT2D eigenvalue weighted by molar-refractivity contribution is 0.212. The van der Waals surface area contributed by atoms with Gasteiger partial charge in [-0.3, -0.25) is 0 Å². The highest BCUT2D eigenvalue weighted by atomic mass is 16.3. The van der Waals surface area contributed by atoms with E-state index in [1.165, 1.54) is 11.1 Å². The smallest absolute Gasteiger partial charge is 0.322 e. The van der Waals surface area contributed by atoms with Crippen molar-refractivity contribution < 1.29 is 9.21 Å². The zero-order valence-corrected chi connectivity index (χ0v) is 16.2. The van der Waals surface area contributed by atoms with Crippen LogP contribution in [0.5, 0.6) is 0 Å². The maximum absolute atomic E-state index is 12.9. The third-order valence-corrected chi connectivity index (χ3v) is 5.84. The quantitative estimate of drug-likeness (QED) is 0.379. The molecule has 0 aliphatic carbocycles. The number of carbonyl (C=O) groups is 1. The number of aromatic nitrogens is 1. The molecule has 146 valence electrons. The number of nitrogens with one attached hydrogen (secondary N) is 2. The number of fused-ring (bicyclic) bond motifs is 3. The minimum absolute atomic E-state index is 0.0914. The van der Waals surface area contributed by atoms with E-state index in [2.05, 4.69) is 34.6 Å². The Kier molecular flexibility index (Phi) is 3.68. The topological polar surface area (TPSA) is 61.3 Å². The summed E-state index contributed by atoms with van der Waals surface area (Å²) < 4.78 is 5.70. The molecule has 6 rings (SSSR count). The third-order valence-electron chi connectivity index (χ3n) is 5.84. The molecule has 1 aliphatic heterocycles. The maximum Gasteiger partial charge on any atom is 0.322 e. The average molecular weight is 393 g/mol. The number of carbonyl (C=O) groups excluding carboxylic acids is 1. The molecule has 1 aliphatic rings. The Morgan fingerprint density at radius 2 is 1.73 bits per heavy atom. The highest BCUT2D eigenvalue weighted by Crippen LogP contribution is 2.34. The van der Waals surface area contributed by atoms with E-state index in [0.29, 0.717) is 13.1 Å². The molecule has 3 heterocycles. The summed E-state index contributed by atoms with van der Waals surface area (Å²) in [6.45, 7) is 1.20. The van der Waals surface area contributed by atoms with E-state index in [9.17, 15) is 4.79 Å². The van der Waals surface area contributed by atoms with Crippen LogP contribution < -0.4 is 5.32 Å². The van der Waals surface area contributed by atoms with Crippen LogP contribution in [-0.4, -0.2) is 15.9 Å². The van der Waals surface area contributed by atoms with Crippen LogP contribution in [0.3, 0.4) is 0 Å². The monoisotopic (exact) mass is 393 g/mol. The molecule has 2 aromatic heterocycles. The van der Waals surface area contributed by atoms with Gasteiger partial charge in [-0.05, 0) is 34.9 Å². The van der Waals surface area contributed by atoms with Gasteiger partial charge in [-0.2, -0.15) is 0 Å². The number of anilines is 1. The molecule has 0 saturated carbocycles. The second-order valence-electron chi connectivity index (χ2n) is 7.66. The van der Waals surface area contributed by atoms with Crippen molar-refractivity contribution >= 4 is 33.6 Å². The summed E-state index contributed by atoms with van der Waals surface area (Å²) in [5.41, 5.74) is 7.24. The van der Waals surface area contributed by atoms with Crippen LogP contribution in [0, 0.1) is 0 Å². The van der Waals surface area contributed by atoms with Crippen LogP contribution in [-0.2, 0) is 13.1 Å². The zero-order chi connectivity index (χ0) is 20.1. The van der Waals surface area contributed by atoms with E-state index in [1.807, 2.05) is 59.8 Å². The van der Waals surface area contributed by atoms with Gasteiger partial charge in [0.15, 0.2) is 0 Å². The molecular formula is C25H19N3O2. The predicted octanol–water partition coefficient (Wildman–Crippen LogP) is 6.13. The Morgan fingerprint density at radius 3 is 2.67 bits per heavy atom. The number of hydrogen-bond donors (Lipinski definition) is 2.